The van der Waals surface area contributed by atoms with Crippen molar-refractivity contribution in [2.75, 3.05) is 6.54 Å². The smallest absolute Gasteiger partial charge is 0.336 e. The number of aromatic carboxylic acids is 1. The zero-order valence-electron chi connectivity index (χ0n) is 12.5. The van der Waals surface area contributed by atoms with E-state index in [-0.39, 0.29) is 5.56 Å². The fourth-order valence-electron chi connectivity index (χ4n) is 2.84. The molecule has 2 aromatic rings. The maximum atomic E-state index is 13.6. The van der Waals surface area contributed by atoms with Crippen molar-refractivity contribution in [2.24, 2.45) is 0 Å². The lowest BCUT2D eigenvalue weighted by Gasteiger charge is -2.28. The summed E-state index contributed by atoms with van der Waals surface area (Å²) in [4.78, 5) is 17.7. The molecule has 22 heavy (non-hydrogen) atoms. The van der Waals surface area contributed by atoms with Gasteiger partial charge in [0.05, 0.1) is 17.8 Å². The first kappa shape index (κ1) is 14.7. The summed E-state index contributed by atoms with van der Waals surface area (Å²) >= 11 is 0. The van der Waals surface area contributed by atoms with E-state index in [2.05, 4.69) is 9.88 Å². The summed E-state index contributed by atoms with van der Waals surface area (Å²) in [5.74, 6) is -0.163. The Balaban J connectivity index is 1.83. The van der Waals surface area contributed by atoms with Crippen LogP contribution in [-0.4, -0.2) is 27.5 Å². The van der Waals surface area contributed by atoms with Crippen LogP contribution in [0.4, 0.5) is 4.39 Å². The van der Waals surface area contributed by atoms with Crippen molar-refractivity contribution in [1.29, 1.82) is 0 Å². The van der Waals surface area contributed by atoms with E-state index in [0.717, 1.165) is 28.6 Å². The van der Waals surface area contributed by atoms with Crippen LogP contribution in [0.1, 0.15) is 38.8 Å². The van der Waals surface area contributed by atoms with E-state index in [0.29, 0.717) is 31.9 Å². The van der Waals surface area contributed by atoms with Crippen molar-refractivity contribution >= 4 is 5.97 Å². The number of carboxylic acid groups (broad SMARTS) is 1. The number of fused-ring (bicyclic) bond motifs is 1. The fraction of sp³-hybridized carbons (Fsp3) is 0.375. The van der Waals surface area contributed by atoms with Crippen LogP contribution in [0.25, 0.3) is 0 Å². The number of hydrogen-bond acceptors (Lipinski definition) is 4. The lowest BCUT2D eigenvalue weighted by atomic mass is 9.94. The highest BCUT2D eigenvalue weighted by Gasteiger charge is 2.23. The van der Waals surface area contributed by atoms with Crippen molar-refractivity contribution < 1.29 is 18.7 Å². The zero-order chi connectivity index (χ0) is 15.9. The molecule has 1 aliphatic heterocycles. The summed E-state index contributed by atoms with van der Waals surface area (Å²) < 4.78 is 19.2. The number of nitrogens with zero attached hydrogens (tertiary/aromatic N) is 2. The van der Waals surface area contributed by atoms with E-state index in [4.69, 9.17) is 4.42 Å². The predicted molar refractivity (Wildman–Crippen MR) is 77.2 cm³/mol. The summed E-state index contributed by atoms with van der Waals surface area (Å²) in [6.07, 6.45) is 0.579. The van der Waals surface area contributed by atoms with Crippen LogP contribution >= 0.6 is 0 Å². The van der Waals surface area contributed by atoms with Crippen LogP contribution in [0.2, 0.25) is 0 Å². The third kappa shape index (κ3) is 2.74. The van der Waals surface area contributed by atoms with E-state index in [9.17, 15) is 14.3 Å². The third-order valence-corrected chi connectivity index (χ3v) is 4.04. The number of carboxylic acids is 1. The number of aromatic nitrogens is 1. The van der Waals surface area contributed by atoms with Crippen LogP contribution < -0.4 is 0 Å². The minimum Gasteiger partial charge on any atom is -0.478 e. The molecule has 3 rings (SSSR count). The Morgan fingerprint density at radius 2 is 2.23 bits per heavy atom. The summed E-state index contributed by atoms with van der Waals surface area (Å²) in [6.45, 7) is 5.48. The minimum atomic E-state index is -1.08. The first-order valence-electron chi connectivity index (χ1n) is 7.14. The van der Waals surface area contributed by atoms with E-state index >= 15 is 0 Å². The van der Waals surface area contributed by atoms with Crippen molar-refractivity contribution in [3.05, 3.63) is 52.0 Å². The lowest BCUT2D eigenvalue weighted by molar-refractivity contribution is 0.0693. The normalized spacial score (nSPS) is 14.9. The highest BCUT2D eigenvalue weighted by molar-refractivity contribution is 5.90. The van der Waals surface area contributed by atoms with Crippen LogP contribution in [0.15, 0.2) is 16.5 Å². The van der Waals surface area contributed by atoms with Gasteiger partial charge >= 0.3 is 5.97 Å². The van der Waals surface area contributed by atoms with Gasteiger partial charge in [-0.15, -0.1) is 0 Å². The fourth-order valence-corrected chi connectivity index (χ4v) is 2.84. The second-order valence-corrected chi connectivity index (χ2v) is 5.61. The molecule has 5 nitrogen and oxygen atoms in total. The van der Waals surface area contributed by atoms with Crippen molar-refractivity contribution in [3.63, 3.8) is 0 Å². The molecular weight excluding hydrogens is 287 g/mol. The van der Waals surface area contributed by atoms with Gasteiger partial charge in [0.2, 0.25) is 5.89 Å². The number of oxazole rings is 1. The quantitative estimate of drug-likeness (QED) is 0.944. The van der Waals surface area contributed by atoms with Crippen molar-refractivity contribution in [3.8, 4) is 0 Å². The first-order valence-corrected chi connectivity index (χ1v) is 7.14. The summed E-state index contributed by atoms with van der Waals surface area (Å²) in [7, 11) is 0. The number of benzene rings is 1. The van der Waals surface area contributed by atoms with Gasteiger partial charge < -0.3 is 9.52 Å². The summed E-state index contributed by atoms with van der Waals surface area (Å²) in [5.41, 5.74) is 2.39. The van der Waals surface area contributed by atoms with Gasteiger partial charge in [0.25, 0.3) is 0 Å². The van der Waals surface area contributed by atoms with Crippen LogP contribution in [0.5, 0.6) is 0 Å². The Morgan fingerprint density at radius 1 is 1.45 bits per heavy atom. The average Bonchev–Trinajstić information content (AvgIpc) is 2.75. The Kier molecular flexibility index (Phi) is 3.70. The number of hydrogen-bond donors (Lipinski definition) is 1. The van der Waals surface area contributed by atoms with Crippen LogP contribution in [0, 0.1) is 19.7 Å². The molecule has 2 heterocycles. The van der Waals surface area contributed by atoms with Crippen molar-refractivity contribution in [2.45, 2.75) is 33.4 Å². The van der Waals surface area contributed by atoms with E-state index in [1.54, 1.807) is 0 Å². The zero-order valence-corrected chi connectivity index (χ0v) is 12.5. The lowest BCUT2D eigenvalue weighted by Crippen LogP contribution is -2.31. The number of rotatable bonds is 3. The van der Waals surface area contributed by atoms with Gasteiger partial charge in [0.15, 0.2) is 0 Å². The highest BCUT2D eigenvalue weighted by atomic mass is 19.1. The van der Waals surface area contributed by atoms with E-state index in [1.165, 1.54) is 6.07 Å². The minimum absolute atomic E-state index is 0.0671. The van der Waals surface area contributed by atoms with Gasteiger partial charge in [0.1, 0.15) is 11.6 Å². The molecule has 0 bridgehead atoms. The topological polar surface area (TPSA) is 66.6 Å². The van der Waals surface area contributed by atoms with E-state index in [1.807, 2.05) is 13.8 Å². The molecule has 116 valence electrons. The first-order chi connectivity index (χ1) is 10.4. The van der Waals surface area contributed by atoms with Gasteiger partial charge in [-0.05, 0) is 43.5 Å². The number of halogens is 1. The number of carbonyl (C=O) groups is 1. The van der Waals surface area contributed by atoms with E-state index < -0.39 is 11.8 Å². The molecule has 0 spiro atoms. The second-order valence-electron chi connectivity index (χ2n) is 5.61. The average molecular weight is 304 g/mol. The molecule has 0 radical (unpaired) electrons. The molecular formula is C16H17FN2O3. The third-order valence-electron chi connectivity index (χ3n) is 4.04. The van der Waals surface area contributed by atoms with Gasteiger partial charge in [-0.2, -0.15) is 0 Å². The van der Waals surface area contributed by atoms with Gasteiger partial charge in [-0.1, -0.05) is 0 Å². The predicted octanol–water partition coefficient (Wildman–Crippen LogP) is 2.69. The van der Waals surface area contributed by atoms with Crippen LogP contribution in [0.3, 0.4) is 0 Å². The van der Waals surface area contributed by atoms with Crippen LogP contribution in [-0.2, 0) is 19.5 Å². The molecule has 0 amide bonds. The maximum absolute atomic E-state index is 13.6. The Hall–Kier alpha value is -2.21. The molecule has 1 aromatic heterocycles. The molecule has 0 unspecified atom stereocenters. The SMILES string of the molecule is Cc1nc(CN2CCc3c(cc(F)cc3C(=O)O)C2)oc1C. The summed E-state index contributed by atoms with van der Waals surface area (Å²) in [6, 6.07) is 2.51. The van der Waals surface area contributed by atoms with Crippen molar-refractivity contribution in [1.82, 2.24) is 9.88 Å². The molecule has 0 fully saturated rings. The maximum Gasteiger partial charge on any atom is 0.336 e. The summed E-state index contributed by atoms with van der Waals surface area (Å²) in [5, 5.41) is 9.19. The monoisotopic (exact) mass is 304 g/mol. The molecule has 6 heteroatoms. The molecule has 1 aromatic carbocycles. The molecule has 0 saturated carbocycles. The van der Waals surface area contributed by atoms with Gasteiger partial charge in [-0.3, -0.25) is 4.90 Å². The Bertz CT molecular complexity index is 720. The second kappa shape index (κ2) is 5.53. The molecule has 1 N–H and O–H groups in total. The number of aryl methyl sites for hydroxylation is 2. The Labute approximate surface area is 127 Å². The largest absolute Gasteiger partial charge is 0.478 e. The molecule has 0 atom stereocenters. The standard InChI is InChI=1S/C16H17FN2O3/c1-9-10(2)22-15(18-9)8-19-4-3-13-11(7-19)5-12(17)6-14(13)16(20)21/h5-6H,3-4,7-8H2,1-2H3,(H,20,21). The molecule has 0 saturated heterocycles. The van der Waals surface area contributed by atoms with Gasteiger partial charge in [0, 0.05) is 13.1 Å². The molecule has 1 aliphatic rings. The molecule has 0 aliphatic carbocycles. The highest BCUT2D eigenvalue weighted by Crippen LogP contribution is 2.25. The Morgan fingerprint density at radius 3 is 2.86 bits per heavy atom. The van der Waals surface area contributed by atoms with Gasteiger partial charge in [-0.25, -0.2) is 14.2 Å².